The van der Waals surface area contributed by atoms with Crippen molar-refractivity contribution in [2.24, 2.45) is 0 Å². The highest BCUT2D eigenvalue weighted by atomic mass is 32.1. The Hall–Kier alpha value is -4.51. The lowest BCUT2D eigenvalue weighted by molar-refractivity contribution is -0.147. The molecule has 1 saturated heterocycles. The first-order chi connectivity index (χ1) is 21.4. The van der Waals surface area contributed by atoms with E-state index < -0.39 is 30.3 Å². The van der Waals surface area contributed by atoms with E-state index in [0.717, 1.165) is 37.6 Å². The molecule has 0 aliphatic carbocycles. The van der Waals surface area contributed by atoms with Gasteiger partial charge < -0.3 is 23.7 Å². The zero-order valence-corrected chi connectivity index (χ0v) is 25.2. The van der Waals surface area contributed by atoms with Gasteiger partial charge in [0.2, 0.25) is 5.89 Å². The number of carbonyl (C=O) groups is 2. The normalized spacial score (nSPS) is 16.2. The molecule has 2 amide bonds. The Labute approximate surface area is 258 Å². The van der Waals surface area contributed by atoms with Crippen molar-refractivity contribution < 1.29 is 33.3 Å². The number of hydrogen-bond donors (Lipinski definition) is 1. The molecule has 2 aromatic heterocycles. The van der Waals surface area contributed by atoms with Gasteiger partial charge in [-0.25, -0.2) is 14.7 Å². The molecule has 1 fully saturated rings. The van der Waals surface area contributed by atoms with Gasteiger partial charge in [-0.05, 0) is 48.6 Å². The average Bonchev–Trinajstić information content (AvgIpc) is 3.77. The number of aromatic nitrogens is 1. The van der Waals surface area contributed by atoms with Gasteiger partial charge in [-0.3, -0.25) is 4.79 Å². The van der Waals surface area contributed by atoms with E-state index in [1.807, 2.05) is 79.0 Å². The smallest absolute Gasteiger partial charge is 0.417 e. The van der Waals surface area contributed by atoms with E-state index >= 15 is 0 Å². The van der Waals surface area contributed by atoms with Gasteiger partial charge in [0.15, 0.2) is 6.10 Å². The monoisotopic (exact) mass is 612 g/mol. The van der Waals surface area contributed by atoms with Crippen molar-refractivity contribution in [3.63, 3.8) is 0 Å². The molecule has 0 spiro atoms. The maximum atomic E-state index is 13.6. The molecule has 3 atom stereocenters. The lowest BCUT2D eigenvalue weighted by Gasteiger charge is -2.27. The van der Waals surface area contributed by atoms with Crippen molar-refractivity contribution >= 4 is 33.4 Å². The summed E-state index contributed by atoms with van der Waals surface area (Å²) in [5.41, 5.74) is 3.21. The summed E-state index contributed by atoms with van der Waals surface area (Å²) in [5.74, 6) is 1.32. The number of thiophene rings is 1. The van der Waals surface area contributed by atoms with E-state index in [4.69, 9.17) is 18.6 Å². The second-order valence-electron chi connectivity index (χ2n) is 10.5. The zero-order chi connectivity index (χ0) is 30.6. The number of fused-ring (bicyclic) bond motifs is 1. The van der Waals surface area contributed by atoms with Crippen LogP contribution in [0, 0.1) is 6.92 Å². The minimum Gasteiger partial charge on any atom is -0.493 e. The topological polar surface area (TPSA) is 111 Å². The Balaban J connectivity index is 1.16. The number of nitrogens with zero attached hydrogens (tertiary/aromatic N) is 2. The van der Waals surface area contributed by atoms with Crippen LogP contribution in [0.3, 0.4) is 0 Å². The summed E-state index contributed by atoms with van der Waals surface area (Å²) in [6.45, 7) is 2.34. The molecule has 3 aromatic carbocycles. The predicted molar refractivity (Wildman–Crippen MR) is 166 cm³/mol. The number of aliphatic hydroxyl groups is 1. The van der Waals surface area contributed by atoms with Gasteiger partial charge in [0.1, 0.15) is 24.2 Å². The van der Waals surface area contributed by atoms with E-state index in [9.17, 15) is 14.7 Å². The van der Waals surface area contributed by atoms with Crippen LogP contribution in [0.1, 0.15) is 28.7 Å². The molecular formula is C34H32N2O7S. The number of benzene rings is 3. The molecule has 0 bridgehead atoms. The third kappa shape index (κ3) is 5.96. The van der Waals surface area contributed by atoms with Crippen molar-refractivity contribution in [2.45, 2.75) is 38.0 Å². The van der Waals surface area contributed by atoms with Gasteiger partial charge in [0.25, 0.3) is 5.91 Å². The van der Waals surface area contributed by atoms with E-state index in [-0.39, 0.29) is 6.61 Å². The predicted octanol–water partition coefficient (Wildman–Crippen LogP) is 6.12. The Morgan fingerprint density at radius 3 is 2.59 bits per heavy atom. The quantitative estimate of drug-likeness (QED) is 0.190. The number of rotatable bonds is 11. The minimum absolute atomic E-state index is 0.0780. The lowest BCUT2D eigenvalue weighted by atomic mass is 10.00. The van der Waals surface area contributed by atoms with Crippen molar-refractivity contribution in [1.29, 1.82) is 0 Å². The first-order valence-electron chi connectivity index (χ1n) is 14.3. The van der Waals surface area contributed by atoms with Gasteiger partial charge in [0.05, 0.1) is 18.3 Å². The number of aliphatic hydroxyl groups excluding tert-OH is 1. The number of imide groups is 1. The Morgan fingerprint density at radius 1 is 1.09 bits per heavy atom. The number of ether oxygens (including phenoxy) is 3. The maximum Gasteiger partial charge on any atom is 0.417 e. The fourth-order valence-corrected chi connectivity index (χ4v) is 6.43. The van der Waals surface area contributed by atoms with Gasteiger partial charge in [-0.15, -0.1) is 11.3 Å². The summed E-state index contributed by atoms with van der Waals surface area (Å²) in [7, 11) is 1.34. The molecule has 1 N–H and O–H groups in total. The van der Waals surface area contributed by atoms with E-state index in [0.29, 0.717) is 36.7 Å². The van der Waals surface area contributed by atoms with E-state index in [2.05, 4.69) is 4.98 Å². The van der Waals surface area contributed by atoms with Crippen LogP contribution in [-0.2, 0) is 27.1 Å². The number of cyclic esters (lactones) is 1. The van der Waals surface area contributed by atoms with E-state index in [1.165, 1.54) is 18.4 Å². The van der Waals surface area contributed by atoms with Crippen LogP contribution in [0.5, 0.6) is 5.75 Å². The third-order valence-corrected chi connectivity index (χ3v) is 8.70. The minimum atomic E-state index is -1.33. The fourth-order valence-electron chi connectivity index (χ4n) is 5.47. The molecule has 44 heavy (non-hydrogen) atoms. The second kappa shape index (κ2) is 13.0. The number of oxazole rings is 1. The van der Waals surface area contributed by atoms with Crippen LogP contribution >= 0.6 is 11.3 Å². The number of hydrogen-bond acceptors (Lipinski definition) is 9. The second-order valence-corrected chi connectivity index (χ2v) is 11.4. The summed E-state index contributed by atoms with van der Waals surface area (Å²) < 4.78 is 23.5. The number of aryl methyl sites for hydroxylation is 1. The van der Waals surface area contributed by atoms with Gasteiger partial charge in [-0.1, -0.05) is 54.6 Å². The van der Waals surface area contributed by atoms with Crippen LogP contribution in [0.15, 0.2) is 88.7 Å². The lowest BCUT2D eigenvalue weighted by Crippen LogP contribution is -2.48. The Kier molecular flexibility index (Phi) is 8.74. The molecule has 9 nitrogen and oxygen atoms in total. The van der Waals surface area contributed by atoms with Crippen molar-refractivity contribution in [3.05, 3.63) is 107 Å². The molecule has 3 unspecified atom stereocenters. The highest BCUT2D eigenvalue weighted by Gasteiger charge is 2.43. The van der Waals surface area contributed by atoms with Crippen molar-refractivity contribution in [3.8, 4) is 17.2 Å². The molecule has 1 aliphatic rings. The van der Waals surface area contributed by atoms with Gasteiger partial charge in [0, 0.05) is 34.7 Å². The molecular weight excluding hydrogens is 580 g/mol. The first-order valence-corrected chi connectivity index (χ1v) is 15.2. The highest BCUT2D eigenvalue weighted by molar-refractivity contribution is 7.17. The summed E-state index contributed by atoms with van der Waals surface area (Å²) in [5, 5.41) is 14.2. The SMILES string of the molecule is COC(C(=O)N1C(=O)OCC1Cc1ccccc1)C(O)c1ccc(OCCc2nc(-c3ccccc3)oc2C)c2ccsc12. The third-order valence-electron chi connectivity index (χ3n) is 7.73. The average molecular weight is 613 g/mol. The largest absolute Gasteiger partial charge is 0.493 e. The molecule has 226 valence electrons. The van der Waals surface area contributed by atoms with Crippen LogP contribution < -0.4 is 4.74 Å². The Morgan fingerprint density at radius 2 is 1.84 bits per heavy atom. The Bertz CT molecular complexity index is 1750. The van der Waals surface area contributed by atoms with Gasteiger partial charge in [-0.2, -0.15) is 0 Å². The maximum absolute atomic E-state index is 13.6. The van der Waals surface area contributed by atoms with Crippen LogP contribution in [-0.4, -0.2) is 59.5 Å². The molecule has 3 heterocycles. The summed E-state index contributed by atoms with van der Waals surface area (Å²) in [6, 6.07) is 24.2. The van der Waals surface area contributed by atoms with Crippen LogP contribution in [0.4, 0.5) is 4.79 Å². The fraction of sp³-hybridized carbons (Fsp3) is 0.265. The summed E-state index contributed by atoms with van der Waals surface area (Å²) >= 11 is 1.42. The standard InChI is InChI=1S/C34H32N2O7S/c1-21-27(35-32(43-21)23-11-7-4-8-12-23)15-17-41-28-14-13-26(31-25(28)16-18-44-31)29(37)30(40-2)33(38)36-24(20-42-34(36)39)19-22-9-5-3-6-10-22/h3-14,16,18,24,29-30,37H,15,17,19-20H2,1-2H3. The van der Waals surface area contributed by atoms with Crippen LogP contribution in [0.2, 0.25) is 0 Å². The summed E-state index contributed by atoms with van der Waals surface area (Å²) in [4.78, 5) is 32.0. The molecule has 10 heteroatoms. The number of carbonyl (C=O) groups excluding carboxylic acids is 2. The number of amides is 2. The molecule has 5 aromatic rings. The molecule has 6 rings (SSSR count). The highest BCUT2D eigenvalue weighted by Crippen LogP contribution is 2.38. The van der Waals surface area contributed by atoms with Crippen molar-refractivity contribution in [1.82, 2.24) is 9.88 Å². The number of methoxy groups -OCH3 is 1. The molecule has 0 radical (unpaired) electrons. The molecule has 0 saturated carbocycles. The molecule has 1 aliphatic heterocycles. The van der Waals surface area contributed by atoms with Crippen molar-refractivity contribution in [2.75, 3.05) is 20.3 Å². The summed E-state index contributed by atoms with van der Waals surface area (Å²) in [6.07, 6.45) is -2.40. The van der Waals surface area contributed by atoms with E-state index in [1.54, 1.807) is 12.1 Å². The van der Waals surface area contributed by atoms with Crippen LogP contribution in [0.25, 0.3) is 21.5 Å². The first kappa shape index (κ1) is 29.6. The zero-order valence-electron chi connectivity index (χ0n) is 24.3. The van der Waals surface area contributed by atoms with Gasteiger partial charge >= 0.3 is 6.09 Å².